The molecule has 1 N–H and O–H groups in total. The van der Waals surface area contributed by atoms with Gasteiger partial charge in [0.25, 0.3) is 0 Å². The molecule has 110 valence electrons. The topological polar surface area (TPSA) is 75.6 Å². The lowest BCUT2D eigenvalue weighted by Gasteiger charge is -2.32. The van der Waals surface area contributed by atoms with Gasteiger partial charge >= 0.3 is 5.97 Å². The quantitative estimate of drug-likeness (QED) is 0.881. The highest BCUT2D eigenvalue weighted by Gasteiger charge is 2.21. The first-order valence-electron chi connectivity index (χ1n) is 6.95. The van der Waals surface area contributed by atoms with Crippen molar-refractivity contribution in [1.82, 2.24) is 9.97 Å². The summed E-state index contributed by atoms with van der Waals surface area (Å²) in [5, 5.41) is 8.58. The Morgan fingerprint density at radius 3 is 2.70 bits per heavy atom. The van der Waals surface area contributed by atoms with Crippen molar-refractivity contribution in [3.63, 3.8) is 0 Å². The van der Waals surface area contributed by atoms with Gasteiger partial charge in [-0.2, -0.15) is 0 Å². The van der Waals surface area contributed by atoms with Crippen molar-refractivity contribution in [2.24, 2.45) is 0 Å². The lowest BCUT2D eigenvalue weighted by atomic mass is 10.1. The van der Waals surface area contributed by atoms with Crippen molar-refractivity contribution in [2.45, 2.75) is 39.2 Å². The number of rotatable bonds is 5. The molecule has 1 saturated heterocycles. The minimum Gasteiger partial charge on any atom is -0.481 e. The number of anilines is 1. The van der Waals surface area contributed by atoms with Crippen LogP contribution in [0.15, 0.2) is 6.20 Å². The molecule has 0 unspecified atom stereocenters. The fourth-order valence-electron chi connectivity index (χ4n) is 2.25. The Morgan fingerprint density at radius 1 is 1.40 bits per heavy atom. The van der Waals surface area contributed by atoms with Crippen LogP contribution in [0.4, 0.5) is 5.82 Å². The maximum Gasteiger partial charge on any atom is 0.305 e. The van der Waals surface area contributed by atoms with Gasteiger partial charge in [0, 0.05) is 13.1 Å². The van der Waals surface area contributed by atoms with Gasteiger partial charge in [-0.05, 0) is 26.7 Å². The molecule has 20 heavy (non-hydrogen) atoms. The fraction of sp³-hybridized carbons (Fsp3) is 0.643. The Labute approximate surface area is 118 Å². The summed E-state index contributed by atoms with van der Waals surface area (Å²) < 4.78 is 5.58. The van der Waals surface area contributed by atoms with Crippen LogP contribution in [0.5, 0.6) is 0 Å². The zero-order valence-electron chi connectivity index (χ0n) is 12.0. The molecule has 6 heteroatoms. The van der Waals surface area contributed by atoms with E-state index in [0.29, 0.717) is 6.61 Å². The molecule has 1 aromatic heterocycles. The molecule has 0 aromatic carbocycles. The second kappa shape index (κ2) is 6.65. The maximum absolute atomic E-state index is 10.4. The molecular formula is C14H21N3O3. The smallest absolute Gasteiger partial charge is 0.305 e. The summed E-state index contributed by atoms with van der Waals surface area (Å²) in [5.74, 6) is 0.102. The number of aliphatic carboxylic acids is 1. The summed E-state index contributed by atoms with van der Waals surface area (Å²) in [6, 6.07) is 0. The molecule has 0 radical (unpaired) electrons. The molecule has 0 spiro atoms. The number of piperidine rings is 1. The number of aryl methyl sites for hydroxylation is 2. The molecule has 0 amide bonds. The number of carboxylic acid groups (broad SMARTS) is 1. The minimum absolute atomic E-state index is 0.0723. The zero-order valence-corrected chi connectivity index (χ0v) is 12.0. The third-order valence-corrected chi connectivity index (χ3v) is 3.61. The molecule has 2 heterocycles. The van der Waals surface area contributed by atoms with E-state index in [1.54, 1.807) is 0 Å². The number of hydrogen-bond acceptors (Lipinski definition) is 5. The Morgan fingerprint density at radius 2 is 2.10 bits per heavy atom. The molecule has 6 nitrogen and oxygen atoms in total. The number of ether oxygens (including phenoxy) is 1. The highest BCUT2D eigenvalue weighted by atomic mass is 16.5. The van der Waals surface area contributed by atoms with Crippen LogP contribution >= 0.6 is 0 Å². The third-order valence-electron chi connectivity index (χ3n) is 3.61. The average Bonchev–Trinajstić information content (AvgIpc) is 2.42. The van der Waals surface area contributed by atoms with Crippen molar-refractivity contribution in [3.05, 3.63) is 17.6 Å². The monoisotopic (exact) mass is 279 g/mol. The van der Waals surface area contributed by atoms with Crippen LogP contribution in [-0.4, -0.2) is 46.8 Å². The Bertz CT molecular complexity index is 471. The van der Waals surface area contributed by atoms with Gasteiger partial charge in [0.2, 0.25) is 0 Å². The average molecular weight is 279 g/mol. The second-order valence-corrected chi connectivity index (χ2v) is 5.10. The van der Waals surface area contributed by atoms with E-state index in [9.17, 15) is 4.79 Å². The van der Waals surface area contributed by atoms with Crippen LogP contribution in [0.3, 0.4) is 0 Å². The maximum atomic E-state index is 10.4. The highest BCUT2D eigenvalue weighted by Crippen LogP contribution is 2.20. The van der Waals surface area contributed by atoms with Crippen molar-refractivity contribution < 1.29 is 14.6 Å². The normalized spacial score (nSPS) is 16.4. The van der Waals surface area contributed by atoms with E-state index >= 15 is 0 Å². The van der Waals surface area contributed by atoms with E-state index in [0.717, 1.165) is 43.1 Å². The SMILES string of the molecule is Cc1ncc(N2CCC(OCCC(=O)O)CC2)nc1C. The van der Waals surface area contributed by atoms with Crippen molar-refractivity contribution >= 4 is 11.8 Å². The molecule has 0 saturated carbocycles. The number of carbonyl (C=O) groups is 1. The summed E-state index contributed by atoms with van der Waals surface area (Å²) >= 11 is 0. The Balaban J connectivity index is 1.81. The number of aromatic nitrogens is 2. The van der Waals surface area contributed by atoms with Gasteiger partial charge < -0.3 is 14.7 Å². The van der Waals surface area contributed by atoms with Gasteiger partial charge in [-0.15, -0.1) is 0 Å². The molecule has 1 aliphatic heterocycles. The summed E-state index contributed by atoms with van der Waals surface area (Å²) in [6.45, 7) is 5.95. The van der Waals surface area contributed by atoms with Gasteiger partial charge in [-0.3, -0.25) is 9.78 Å². The summed E-state index contributed by atoms with van der Waals surface area (Å²) in [7, 11) is 0. The predicted molar refractivity (Wildman–Crippen MR) is 74.9 cm³/mol. The second-order valence-electron chi connectivity index (χ2n) is 5.10. The first-order valence-corrected chi connectivity index (χ1v) is 6.95. The van der Waals surface area contributed by atoms with Crippen LogP contribution in [0, 0.1) is 13.8 Å². The van der Waals surface area contributed by atoms with E-state index in [1.807, 2.05) is 20.0 Å². The molecule has 0 aliphatic carbocycles. The van der Waals surface area contributed by atoms with E-state index in [1.165, 1.54) is 0 Å². The van der Waals surface area contributed by atoms with E-state index in [-0.39, 0.29) is 12.5 Å². The molecule has 1 aromatic rings. The van der Waals surface area contributed by atoms with Crippen LogP contribution in [-0.2, 0) is 9.53 Å². The van der Waals surface area contributed by atoms with Gasteiger partial charge in [-0.25, -0.2) is 4.98 Å². The largest absolute Gasteiger partial charge is 0.481 e. The van der Waals surface area contributed by atoms with E-state index in [2.05, 4.69) is 14.9 Å². The molecule has 1 fully saturated rings. The summed E-state index contributed by atoms with van der Waals surface area (Å²) in [5.41, 5.74) is 1.92. The fourth-order valence-corrected chi connectivity index (χ4v) is 2.25. The molecular weight excluding hydrogens is 258 g/mol. The number of carboxylic acids is 1. The van der Waals surface area contributed by atoms with Gasteiger partial charge in [0.15, 0.2) is 0 Å². The van der Waals surface area contributed by atoms with Crippen molar-refractivity contribution in [2.75, 3.05) is 24.6 Å². The standard InChI is InChI=1S/C14H21N3O3/c1-10-11(2)16-13(9-15-10)17-6-3-12(4-7-17)20-8-5-14(18)19/h9,12H,3-8H2,1-2H3,(H,18,19). The van der Waals surface area contributed by atoms with Crippen LogP contribution in [0.25, 0.3) is 0 Å². The Kier molecular flexibility index (Phi) is 4.89. The summed E-state index contributed by atoms with van der Waals surface area (Å²) in [6.07, 6.45) is 3.84. The number of nitrogens with zero attached hydrogens (tertiary/aromatic N) is 3. The van der Waals surface area contributed by atoms with Crippen LogP contribution in [0.1, 0.15) is 30.7 Å². The number of hydrogen-bond donors (Lipinski definition) is 1. The summed E-state index contributed by atoms with van der Waals surface area (Å²) in [4.78, 5) is 21.5. The van der Waals surface area contributed by atoms with Gasteiger partial charge in [-0.1, -0.05) is 0 Å². The molecule has 0 bridgehead atoms. The van der Waals surface area contributed by atoms with Gasteiger partial charge in [0.1, 0.15) is 5.82 Å². The van der Waals surface area contributed by atoms with Crippen molar-refractivity contribution in [3.8, 4) is 0 Å². The first kappa shape index (κ1) is 14.7. The Hall–Kier alpha value is -1.69. The van der Waals surface area contributed by atoms with Crippen molar-refractivity contribution in [1.29, 1.82) is 0 Å². The zero-order chi connectivity index (χ0) is 14.5. The molecule has 1 aliphatic rings. The minimum atomic E-state index is -0.812. The first-order chi connectivity index (χ1) is 9.56. The van der Waals surface area contributed by atoms with Gasteiger partial charge in [0.05, 0.1) is 36.7 Å². The van der Waals surface area contributed by atoms with E-state index in [4.69, 9.17) is 9.84 Å². The van der Waals surface area contributed by atoms with E-state index < -0.39 is 5.97 Å². The predicted octanol–water partition coefficient (Wildman–Crippen LogP) is 1.55. The van der Waals surface area contributed by atoms with Crippen LogP contribution in [0.2, 0.25) is 0 Å². The lowest BCUT2D eigenvalue weighted by molar-refractivity contribution is -0.138. The third kappa shape index (κ3) is 3.90. The molecule has 0 atom stereocenters. The lowest BCUT2D eigenvalue weighted by Crippen LogP contribution is -2.38. The van der Waals surface area contributed by atoms with Crippen LogP contribution < -0.4 is 4.90 Å². The molecule has 2 rings (SSSR count). The highest BCUT2D eigenvalue weighted by molar-refractivity contribution is 5.66.